The van der Waals surface area contributed by atoms with Crippen molar-refractivity contribution in [1.29, 1.82) is 0 Å². The van der Waals surface area contributed by atoms with Crippen molar-refractivity contribution in [1.82, 2.24) is 0 Å². The third-order valence-electron chi connectivity index (χ3n) is 4.26. The van der Waals surface area contributed by atoms with Crippen LogP contribution in [0.1, 0.15) is 27.7 Å². The van der Waals surface area contributed by atoms with Gasteiger partial charge in [0.05, 0.1) is 16.9 Å². The number of fused-ring (bicyclic) bond motifs is 1. The van der Waals surface area contributed by atoms with Crippen LogP contribution in [-0.4, -0.2) is 24.5 Å². The molecule has 3 nitrogen and oxygen atoms in total. The van der Waals surface area contributed by atoms with Crippen LogP contribution in [0.2, 0.25) is 5.82 Å². The van der Waals surface area contributed by atoms with E-state index in [1.54, 1.807) is 0 Å². The van der Waals surface area contributed by atoms with E-state index in [1.165, 1.54) is 5.57 Å². The summed E-state index contributed by atoms with van der Waals surface area (Å²) in [4.78, 5) is 4.33. The van der Waals surface area contributed by atoms with Crippen molar-refractivity contribution >= 4 is 13.3 Å². The molecule has 2 aliphatic heterocycles. The number of hydrogen-bond acceptors (Lipinski definition) is 3. The molecule has 0 bridgehead atoms. The molecule has 0 N–H and O–H groups in total. The molecule has 0 aromatic rings. The normalized spacial score (nSPS) is 31.3. The average Bonchev–Trinajstić information content (AvgIpc) is 2.81. The fourth-order valence-electron chi connectivity index (χ4n) is 2.42. The van der Waals surface area contributed by atoms with Gasteiger partial charge in [-0.15, -0.1) is 0 Å². The molecule has 18 heavy (non-hydrogen) atoms. The highest BCUT2D eigenvalue weighted by Crippen LogP contribution is 2.45. The Labute approximate surface area is 108 Å². The maximum Gasteiger partial charge on any atom is 0.469 e. The summed E-state index contributed by atoms with van der Waals surface area (Å²) in [7, 11) is -0.233. The summed E-state index contributed by atoms with van der Waals surface area (Å²) >= 11 is 0. The van der Waals surface area contributed by atoms with Gasteiger partial charge in [0.25, 0.3) is 0 Å². The number of allylic oxidation sites excluding steroid dienone is 5. The summed E-state index contributed by atoms with van der Waals surface area (Å²) in [5.74, 6) is 0.133. The molecule has 0 amide bonds. The molecule has 1 fully saturated rings. The summed E-state index contributed by atoms with van der Waals surface area (Å²) < 4.78 is 12.2. The van der Waals surface area contributed by atoms with E-state index in [0.29, 0.717) is 0 Å². The molecule has 2 heterocycles. The first-order valence-corrected chi connectivity index (χ1v) is 6.39. The standard InChI is InChI=1S/C14H18BNO2/c1-13(2)14(3,4)18-15(17-13)11-6-5-7-12-10(11)8-9-16-12/h5-9,11H,1-4H3/t11-/m0/s1. The Morgan fingerprint density at radius 3 is 2.44 bits per heavy atom. The number of aliphatic imine (C=N–C) groups is 1. The van der Waals surface area contributed by atoms with Crippen LogP contribution in [-0.2, 0) is 9.31 Å². The lowest BCUT2D eigenvalue weighted by Crippen LogP contribution is -2.41. The van der Waals surface area contributed by atoms with Gasteiger partial charge in [-0.1, -0.05) is 12.2 Å². The maximum absolute atomic E-state index is 6.11. The van der Waals surface area contributed by atoms with E-state index < -0.39 is 0 Å². The van der Waals surface area contributed by atoms with E-state index in [4.69, 9.17) is 9.31 Å². The lowest BCUT2D eigenvalue weighted by Gasteiger charge is -2.32. The molecule has 1 aliphatic carbocycles. The molecule has 3 rings (SSSR count). The first-order chi connectivity index (χ1) is 8.41. The van der Waals surface area contributed by atoms with Gasteiger partial charge in [-0.2, -0.15) is 0 Å². The van der Waals surface area contributed by atoms with Gasteiger partial charge >= 0.3 is 7.12 Å². The fraction of sp³-hybridized carbons (Fsp3) is 0.500. The summed E-state index contributed by atoms with van der Waals surface area (Å²) in [6.45, 7) is 8.32. The van der Waals surface area contributed by atoms with E-state index in [0.717, 1.165) is 5.70 Å². The monoisotopic (exact) mass is 243 g/mol. The third-order valence-corrected chi connectivity index (χ3v) is 4.26. The molecule has 0 unspecified atom stereocenters. The van der Waals surface area contributed by atoms with E-state index in [2.05, 4.69) is 38.8 Å². The quantitative estimate of drug-likeness (QED) is 0.663. The summed E-state index contributed by atoms with van der Waals surface area (Å²) in [6.07, 6.45) is 10.1. The van der Waals surface area contributed by atoms with Crippen molar-refractivity contribution in [2.45, 2.75) is 44.7 Å². The molecule has 0 saturated carbocycles. The van der Waals surface area contributed by atoms with Gasteiger partial charge in [-0.3, -0.25) is 4.99 Å². The zero-order chi connectivity index (χ0) is 13.0. The van der Waals surface area contributed by atoms with E-state index in [1.807, 2.05) is 24.4 Å². The van der Waals surface area contributed by atoms with Crippen LogP contribution in [0.3, 0.4) is 0 Å². The Morgan fingerprint density at radius 1 is 1.11 bits per heavy atom. The zero-order valence-electron chi connectivity index (χ0n) is 11.3. The SMILES string of the molecule is CC1(C)OB([C@H]2C=CC=C3N=CC=C32)OC1(C)C. The van der Waals surface area contributed by atoms with Gasteiger partial charge in [0, 0.05) is 12.0 Å². The lowest BCUT2D eigenvalue weighted by molar-refractivity contribution is 0.00578. The molecular formula is C14H18BNO2. The average molecular weight is 243 g/mol. The predicted molar refractivity (Wildman–Crippen MR) is 73.6 cm³/mol. The second-order valence-corrected chi connectivity index (χ2v) is 5.99. The van der Waals surface area contributed by atoms with Crippen LogP contribution in [0.4, 0.5) is 0 Å². The summed E-state index contributed by atoms with van der Waals surface area (Å²) in [6, 6.07) is 0. The number of hydrogen-bond donors (Lipinski definition) is 0. The smallest absolute Gasteiger partial charge is 0.403 e. The first-order valence-electron chi connectivity index (χ1n) is 6.39. The van der Waals surface area contributed by atoms with Gasteiger partial charge in [0.15, 0.2) is 0 Å². The van der Waals surface area contributed by atoms with Crippen molar-refractivity contribution in [2.24, 2.45) is 4.99 Å². The highest BCUT2D eigenvalue weighted by molar-refractivity contribution is 6.49. The number of rotatable bonds is 1. The Kier molecular flexibility index (Phi) is 2.44. The van der Waals surface area contributed by atoms with E-state index in [9.17, 15) is 0 Å². The van der Waals surface area contributed by atoms with Crippen LogP contribution in [0.15, 0.2) is 40.6 Å². The Balaban J connectivity index is 1.87. The second-order valence-electron chi connectivity index (χ2n) is 5.99. The molecule has 1 saturated heterocycles. The van der Waals surface area contributed by atoms with Gasteiger partial charge in [0.2, 0.25) is 0 Å². The third kappa shape index (κ3) is 1.63. The van der Waals surface area contributed by atoms with Crippen LogP contribution in [0, 0.1) is 0 Å². The van der Waals surface area contributed by atoms with Gasteiger partial charge in [-0.05, 0) is 45.4 Å². The molecule has 0 spiro atoms. The molecular weight excluding hydrogens is 225 g/mol. The van der Waals surface area contributed by atoms with Crippen molar-refractivity contribution in [3.63, 3.8) is 0 Å². The van der Waals surface area contributed by atoms with Crippen molar-refractivity contribution < 1.29 is 9.31 Å². The Morgan fingerprint density at radius 2 is 1.78 bits per heavy atom. The van der Waals surface area contributed by atoms with Gasteiger partial charge in [0.1, 0.15) is 0 Å². The maximum atomic E-state index is 6.11. The van der Waals surface area contributed by atoms with Crippen LogP contribution in [0.5, 0.6) is 0 Å². The van der Waals surface area contributed by atoms with Gasteiger partial charge < -0.3 is 9.31 Å². The molecule has 0 aromatic heterocycles. The molecule has 3 aliphatic rings. The minimum absolute atomic E-state index is 0.133. The van der Waals surface area contributed by atoms with Crippen molar-refractivity contribution in [3.05, 3.63) is 35.6 Å². The molecule has 1 atom stereocenters. The molecule has 0 aromatic carbocycles. The predicted octanol–water partition coefficient (Wildman–Crippen LogP) is 2.91. The zero-order valence-corrected chi connectivity index (χ0v) is 11.3. The highest BCUT2D eigenvalue weighted by atomic mass is 16.7. The van der Waals surface area contributed by atoms with Crippen molar-refractivity contribution in [2.75, 3.05) is 0 Å². The second kappa shape index (κ2) is 3.68. The van der Waals surface area contributed by atoms with E-state index in [-0.39, 0.29) is 24.1 Å². The molecule has 0 radical (unpaired) electrons. The number of nitrogens with zero attached hydrogens (tertiary/aromatic N) is 1. The fourth-order valence-corrected chi connectivity index (χ4v) is 2.42. The lowest BCUT2D eigenvalue weighted by atomic mass is 9.65. The summed E-state index contributed by atoms with van der Waals surface area (Å²) in [5.41, 5.74) is 1.65. The highest BCUT2D eigenvalue weighted by Gasteiger charge is 2.54. The molecule has 4 heteroatoms. The minimum atomic E-state index is -0.285. The van der Waals surface area contributed by atoms with Crippen LogP contribution >= 0.6 is 0 Å². The van der Waals surface area contributed by atoms with Crippen LogP contribution < -0.4 is 0 Å². The minimum Gasteiger partial charge on any atom is -0.403 e. The Bertz CT molecular complexity index is 484. The largest absolute Gasteiger partial charge is 0.469 e. The topological polar surface area (TPSA) is 30.8 Å². The van der Waals surface area contributed by atoms with Crippen LogP contribution in [0.25, 0.3) is 0 Å². The molecule has 94 valence electrons. The summed E-state index contributed by atoms with van der Waals surface area (Å²) in [5, 5.41) is 0. The van der Waals surface area contributed by atoms with E-state index >= 15 is 0 Å². The first kappa shape index (κ1) is 11.9. The van der Waals surface area contributed by atoms with Gasteiger partial charge in [-0.25, -0.2) is 0 Å². The Hall–Kier alpha value is -1.13. The van der Waals surface area contributed by atoms with Crippen molar-refractivity contribution in [3.8, 4) is 0 Å².